The molecule has 3 aromatic carbocycles. The molecule has 5 nitrogen and oxygen atoms in total. The number of nitrogens with one attached hydrogen (secondary N) is 1. The van der Waals surface area contributed by atoms with Crippen LogP contribution in [0.15, 0.2) is 71.8 Å². The maximum Gasteiger partial charge on any atom is 0.332 e. The van der Waals surface area contributed by atoms with E-state index in [-0.39, 0.29) is 0 Å². The zero-order chi connectivity index (χ0) is 16.8. The van der Waals surface area contributed by atoms with Gasteiger partial charge in [-0.05, 0) is 34.5 Å². The zero-order valence-corrected chi connectivity index (χ0v) is 13.0. The Labute approximate surface area is 139 Å². The summed E-state index contributed by atoms with van der Waals surface area (Å²) in [5.41, 5.74) is 8.98. The number of nitrogens with zero attached hydrogens (tertiary/aromatic N) is 1. The molecule has 0 heterocycles. The van der Waals surface area contributed by atoms with Gasteiger partial charge in [0.25, 0.3) is 0 Å². The first-order valence-electron chi connectivity index (χ1n) is 7.50. The van der Waals surface area contributed by atoms with E-state index >= 15 is 0 Å². The minimum absolute atomic E-state index is 0.443. The topological polar surface area (TPSA) is 76.7 Å². The van der Waals surface area contributed by atoms with Gasteiger partial charge in [0.2, 0.25) is 0 Å². The van der Waals surface area contributed by atoms with Crippen molar-refractivity contribution in [3.05, 3.63) is 77.9 Å². The molecule has 0 aromatic heterocycles. The van der Waals surface area contributed by atoms with Gasteiger partial charge in [-0.25, -0.2) is 10.2 Å². The number of amides is 2. The first kappa shape index (κ1) is 15.6. The van der Waals surface area contributed by atoms with Crippen LogP contribution in [0.3, 0.4) is 0 Å². The van der Waals surface area contributed by atoms with Gasteiger partial charge in [-0.15, -0.1) is 0 Å². The molecule has 0 bridgehead atoms. The fourth-order valence-corrected chi connectivity index (χ4v) is 2.37. The third-order valence-electron chi connectivity index (χ3n) is 3.51. The van der Waals surface area contributed by atoms with E-state index in [4.69, 9.17) is 10.5 Å². The summed E-state index contributed by atoms with van der Waals surface area (Å²) in [6.45, 7) is 0.443. The van der Waals surface area contributed by atoms with E-state index in [0.717, 1.165) is 11.1 Å². The lowest BCUT2D eigenvalue weighted by atomic mass is 10.1. The minimum Gasteiger partial charge on any atom is -0.488 e. The summed E-state index contributed by atoms with van der Waals surface area (Å²) in [6, 6.07) is 21.2. The molecule has 3 aromatic rings. The number of rotatable bonds is 5. The number of hydrogen-bond acceptors (Lipinski definition) is 3. The van der Waals surface area contributed by atoms with Crippen molar-refractivity contribution >= 4 is 23.0 Å². The van der Waals surface area contributed by atoms with Gasteiger partial charge in [-0.1, -0.05) is 48.5 Å². The Balaban J connectivity index is 1.73. The number of para-hydroxylation sites is 1. The van der Waals surface area contributed by atoms with Crippen LogP contribution >= 0.6 is 0 Å². The van der Waals surface area contributed by atoms with Crippen LogP contribution in [0.4, 0.5) is 4.79 Å². The summed E-state index contributed by atoms with van der Waals surface area (Å²) < 4.78 is 5.89. The normalized spacial score (nSPS) is 10.8. The molecular formula is C19H17N3O2. The molecule has 0 aliphatic heterocycles. The fraction of sp³-hybridized carbons (Fsp3) is 0.0526. The van der Waals surface area contributed by atoms with E-state index in [1.54, 1.807) is 0 Å². The van der Waals surface area contributed by atoms with Gasteiger partial charge < -0.3 is 10.5 Å². The number of ether oxygens (including phenoxy) is 1. The Bertz CT molecular complexity index is 890. The average Bonchev–Trinajstić information content (AvgIpc) is 2.60. The van der Waals surface area contributed by atoms with Crippen LogP contribution in [0.1, 0.15) is 11.1 Å². The number of carbonyl (C=O) groups excluding carboxylic acids is 1. The van der Waals surface area contributed by atoms with Crippen molar-refractivity contribution in [2.45, 2.75) is 6.61 Å². The molecule has 3 rings (SSSR count). The number of fused-ring (bicyclic) bond motifs is 1. The second-order valence-electron chi connectivity index (χ2n) is 5.24. The number of nitrogens with two attached hydrogens (primary N) is 1. The maximum atomic E-state index is 10.7. The van der Waals surface area contributed by atoms with Gasteiger partial charge in [0.05, 0.1) is 6.21 Å². The smallest absolute Gasteiger partial charge is 0.332 e. The lowest BCUT2D eigenvalue weighted by Gasteiger charge is -2.09. The van der Waals surface area contributed by atoms with Crippen molar-refractivity contribution in [2.75, 3.05) is 0 Å². The molecule has 0 aliphatic rings. The Hall–Kier alpha value is -3.34. The van der Waals surface area contributed by atoms with Gasteiger partial charge in [0.1, 0.15) is 12.4 Å². The van der Waals surface area contributed by atoms with Gasteiger partial charge in [0.15, 0.2) is 0 Å². The van der Waals surface area contributed by atoms with Gasteiger partial charge in [-0.3, -0.25) is 0 Å². The molecule has 0 fully saturated rings. The van der Waals surface area contributed by atoms with E-state index in [0.29, 0.717) is 12.4 Å². The number of urea groups is 1. The van der Waals surface area contributed by atoms with E-state index in [1.807, 2.05) is 42.5 Å². The summed E-state index contributed by atoms with van der Waals surface area (Å²) >= 11 is 0. The number of carbonyl (C=O) groups is 1. The van der Waals surface area contributed by atoms with Crippen LogP contribution in [0.25, 0.3) is 10.8 Å². The highest BCUT2D eigenvalue weighted by Gasteiger charge is 2.02. The Morgan fingerprint density at radius 1 is 1.04 bits per heavy atom. The number of benzene rings is 3. The van der Waals surface area contributed by atoms with Crippen LogP contribution in [-0.4, -0.2) is 12.2 Å². The molecule has 120 valence electrons. The van der Waals surface area contributed by atoms with Crippen LogP contribution in [0, 0.1) is 0 Å². The fourth-order valence-electron chi connectivity index (χ4n) is 2.37. The molecule has 5 heteroatoms. The first-order chi connectivity index (χ1) is 11.7. The molecular weight excluding hydrogens is 302 g/mol. The van der Waals surface area contributed by atoms with Crippen molar-refractivity contribution in [1.82, 2.24) is 5.43 Å². The molecule has 0 saturated heterocycles. The van der Waals surface area contributed by atoms with Gasteiger partial charge in [0, 0.05) is 5.56 Å². The molecule has 0 saturated carbocycles. The number of hydrogen-bond donors (Lipinski definition) is 2. The van der Waals surface area contributed by atoms with Crippen molar-refractivity contribution in [3.8, 4) is 5.75 Å². The van der Waals surface area contributed by atoms with Gasteiger partial charge in [-0.2, -0.15) is 5.10 Å². The Kier molecular flexibility index (Phi) is 4.72. The standard InChI is InChI=1S/C19H17N3O2/c20-19(23)22-21-12-17-7-3-4-8-18(17)24-13-14-9-10-15-5-1-2-6-16(15)11-14/h1-12H,13H2,(H3,20,22,23). The number of hydrazone groups is 1. The quantitative estimate of drug-likeness (QED) is 0.558. The highest BCUT2D eigenvalue weighted by atomic mass is 16.5. The molecule has 2 amide bonds. The molecule has 24 heavy (non-hydrogen) atoms. The van der Waals surface area contributed by atoms with Gasteiger partial charge >= 0.3 is 6.03 Å². The highest BCUT2D eigenvalue weighted by Crippen LogP contribution is 2.20. The third-order valence-corrected chi connectivity index (χ3v) is 3.51. The molecule has 3 N–H and O–H groups in total. The molecule has 0 aliphatic carbocycles. The lowest BCUT2D eigenvalue weighted by Crippen LogP contribution is -2.24. The van der Waals surface area contributed by atoms with Crippen molar-refractivity contribution < 1.29 is 9.53 Å². The zero-order valence-electron chi connectivity index (χ0n) is 13.0. The van der Waals surface area contributed by atoms with Crippen LogP contribution in [-0.2, 0) is 6.61 Å². The molecule has 0 spiro atoms. The van der Waals surface area contributed by atoms with Crippen molar-refractivity contribution in [1.29, 1.82) is 0 Å². The molecule has 0 unspecified atom stereocenters. The van der Waals surface area contributed by atoms with Crippen LogP contribution < -0.4 is 15.9 Å². The second-order valence-corrected chi connectivity index (χ2v) is 5.24. The SMILES string of the molecule is NC(=O)NN=Cc1ccccc1OCc1ccc2ccccc2c1. The van der Waals surface area contributed by atoms with E-state index in [1.165, 1.54) is 17.0 Å². The largest absolute Gasteiger partial charge is 0.488 e. The Morgan fingerprint density at radius 2 is 1.79 bits per heavy atom. The van der Waals surface area contributed by atoms with E-state index < -0.39 is 6.03 Å². The monoisotopic (exact) mass is 319 g/mol. The van der Waals surface area contributed by atoms with Crippen LogP contribution in [0.5, 0.6) is 5.75 Å². The maximum absolute atomic E-state index is 10.7. The molecule has 0 atom stereocenters. The van der Waals surface area contributed by atoms with Crippen LogP contribution in [0.2, 0.25) is 0 Å². The second kappa shape index (κ2) is 7.28. The molecule has 0 radical (unpaired) electrons. The third kappa shape index (κ3) is 3.89. The summed E-state index contributed by atoms with van der Waals surface area (Å²) in [7, 11) is 0. The summed E-state index contributed by atoms with van der Waals surface area (Å²) in [6.07, 6.45) is 1.50. The van der Waals surface area contributed by atoms with E-state index in [9.17, 15) is 4.79 Å². The summed E-state index contributed by atoms with van der Waals surface area (Å²) in [4.78, 5) is 10.7. The first-order valence-corrected chi connectivity index (χ1v) is 7.50. The van der Waals surface area contributed by atoms with E-state index in [2.05, 4.69) is 34.8 Å². The average molecular weight is 319 g/mol. The predicted molar refractivity (Wildman–Crippen MR) is 95.0 cm³/mol. The Morgan fingerprint density at radius 3 is 2.62 bits per heavy atom. The minimum atomic E-state index is -0.708. The summed E-state index contributed by atoms with van der Waals surface area (Å²) in [5.74, 6) is 0.681. The highest BCUT2D eigenvalue weighted by molar-refractivity contribution is 5.85. The summed E-state index contributed by atoms with van der Waals surface area (Å²) in [5, 5.41) is 6.15. The lowest BCUT2D eigenvalue weighted by molar-refractivity contribution is 0.249. The van der Waals surface area contributed by atoms with Crippen molar-refractivity contribution in [3.63, 3.8) is 0 Å². The number of primary amides is 1. The van der Waals surface area contributed by atoms with Crippen molar-refractivity contribution in [2.24, 2.45) is 10.8 Å². The predicted octanol–water partition coefficient (Wildman–Crippen LogP) is 3.42.